The molecule has 7 fully saturated rings. The largest absolute Gasteiger partial charge is 0.393 e. The van der Waals surface area contributed by atoms with E-state index in [0.717, 1.165) is 32.1 Å². The van der Waals surface area contributed by atoms with Crippen LogP contribution < -0.4 is 0 Å². The van der Waals surface area contributed by atoms with Gasteiger partial charge in [-0.25, -0.2) is 0 Å². The number of aliphatic hydroxyl groups excluding tert-OH is 2. The topological polar surface area (TPSA) is 88.4 Å². The third-order valence-electron chi connectivity index (χ3n) is 16.6. The number of hydrogen-bond donors (Lipinski definition) is 3. The number of aliphatic hydroxyl groups is 3. The van der Waals surface area contributed by atoms with E-state index < -0.39 is 17.3 Å². The van der Waals surface area contributed by atoms with Gasteiger partial charge < -0.3 is 29.5 Å². The Morgan fingerprint density at radius 3 is 2.16 bits per heavy atom. The second-order valence-electron chi connectivity index (χ2n) is 19.4. The molecule has 2 spiro atoms. The molecule has 16 atom stereocenters. The highest BCUT2D eigenvalue weighted by Gasteiger charge is 2.84. The zero-order valence-corrected chi connectivity index (χ0v) is 29.5. The molecule has 0 amide bonds. The van der Waals surface area contributed by atoms with Crippen LogP contribution in [0.3, 0.4) is 0 Å². The average molecular weight is 617 g/mol. The van der Waals surface area contributed by atoms with Gasteiger partial charge in [-0.2, -0.15) is 0 Å². The van der Waals surface area contributed by atoms with Crippen LogP contribution in [0, 0.1) is 62.6 Å². The third-order valence-corrected chi connectivity index (χ3v) is 16.6. The van der Waals surface area contributed by atoms with E-state index in [2.05, 4.69) is 55.4 Å². The standard InChI is InChI=1S/C38H64O6/c1-21-17-26-35(9)18-24(39)30(36(10)13-11-28(44-36)33(6,7)41)34(35,8)15-16-37(26)20-38(37)14-12-27(32(4,5)29(21)38)43-31-23(3)22(2)25(40)19-42-31/h21-31,39-41H,11-20H2,1-10H3/t21-,22?,23?,24?,25?,26?,27-,28?,29?,30?,31?,34+,35-,36+,37?,38?/m0/s1. The van der Waals surface area contributed by atoms with Crippen LogP contribution >= 0.6 is 0 Å². The van der Waals surface area contributed by atoms with Crippen molar-refractivity contribution in [3.8, 4) is 0 Å². The van der Waals surface area contributed by atoms with E-state index in [4.69, 9.17) is 14.2 Å². The molecular formula is C38H64O6. The van der Waals surface area contributed by atoms with Gasteiger partial charge >= 0.3 is 0 Å². The minimum atomic E-state index is -0.869. The van der Waals surface area contributed by atoms with Crippen molar-refractivity contribution in [1.82, 2.24) is 0 Å². The van der Waals surface area contributed by atoms with E-state index in [1.807, 2.05) is 13.8 Å². The Kier molecular flexibility index (Phi) is 7.11. The van der Waals surface area contributed by atoms with Crippen LogP contribution in [0.15, 0.2) is 0 Å². The van der Waals surface area contributed by atoms with Gasteiger partial charge in [-0.1, -0.05) is 48.5 Å². The second-order valence-corrected chi connectivity index (χ2v) is 19.4. The summed E-state index contributed by atoms with van der Waals surface area (Å²) in [6.07, 6.45) is 8.91. The molecule has 11 unspecified atom stereocenters. The van der Waals surface area contributed by atoms with Gasteiger partial charge in [0.15, 0.2) is 6.29 Å². The summed E-state index contributed by atoms with van der Waals surface area (Å²) >= 11 is 0. The summed E-state index contributed by atoms with van der Waals surface area (Å²) in [6.45, 7) is 23.2. The molecule has 6 heteroatoms. The van der Waals surface area contributed by atoms with Gasteiger partial charge in [0.05, 0.1) is 42.2 Å². The molecule has 2 heterocycles. The lowest BCUT2D eigenvalue weighted by Gasteiger charge is -2.65. The SMILES string of the molecule is CC1C(O)COC(O[C@H]2CCC34CC35CC[C@]3(C)C([C@@]6(C)CCC(C(C)(C)O)O6)C(O)C[C@@]3(C)C5C[C@H](C)C4C2(C)C)C1C. The highest BCUT2D eigenvalue weighted by atomic mass is 16.7. The quantitative estimate of drug-likeness (QED) is 0.304. The van der Waals surface area contributed by atoms with Gasteiger partial charge in [0, 0.05) is 11.8 Å². The summed E-state index contributed by atoms with van der Waals surface area (Å²) in [7, 11) is 0. The van der Waals surface area contributed by atoms with Crippen molar-refractivity contribution in [2.24, 2.45) is 62.6 Å². The molecular weight excluding hydrogens is 552 g/mol. The Hall–Kier alpha value is -0.240. The summed E-state index contributed by atoms with van der Waals surface area (Å²) in [5.41, 5.74) is -0.416. The molecule has 252 valence electrons. The smallest absolute Gasteiger partial charge is 0.160 e. The first-order chi connectivity index (χ1) is 20.3. The van der Waals surface area contributed by atoms with Crippen LogP contribution in [-0.4, -0.2) is 63.8 Å². The molecule has 5 saturated carbocycles. The first-order valence-electron chi connectivity index (χ1n) is 18.3. The Labute approximate surface area is 267 Å². The van der Waals surface area contributed by atoms with Crippen molar-refractivity contribution in [2.45, 2.75) is 169 Å². The molecule has 0 bridgehead atoms. The molecule has 44 heavy (non-hydrogen) atoms. The molecule has 7 aliphatic rings. The van der Waals surface area contributed by atoms with Crippen LogP contribution in [0.2, 0.25) is 0 Å². The minimum Gasteiger partial charge on any atom is -0.393 e. The summed E-state index contributed by atoms with van der Waals surface area (Å²) < 4.78 is 19.8. The predicted molar refractivity (Wildman–Crippen MR) is 171 cm³/mol. The first kappa shape index (κ1) is 32.3. The molecule has 5 aliphatic carbocycles. The van der Waals surface area contributed by atoms with Crippen molar-refractivity contribution in [3.05, 3.63) is 0 Å². The van der Waals surface area contributed by atoms with E-state index in [9.17, 15) is 15.3 Å². The lowest BCUT2D eigenvalue weighted by molar-refractivity contribution is -0.280. The van der Waals surface area contributed by atoms with Crippen LogP contribution in [0.25, 0.3) is 0 Å². The number of ether oxygens (including phenoxy) is 3. The van der Waals surface area contributed by atoms with Gasteiger partial charge in [-0.05, 0) is 129 Å². The van der Waals surface area contributed by atoms with Gasteiger partial charge in [0.25, 0.3) is 0 Å². The van der Waals surface area contributed by atoms with Crippen LogP contribution in [0.5, 0.6) is 0 Å². The fourth-order valence-corrected chi connectivity index (χ4v) is 14.3. The lowest BCUT2D eigenvalue weighted by Crippen LogP contribution is -2.61. The first-order valence-corrected chi connectivity index (χ1v) is 18.3. The van der Waals surface area contributed by atoms with E-state index in [0.29, 0.717) is 35.2 Å². The molecule has 0 aromatic heterocycles. The van der Waals surface area contributed by atoms with E-state index >= 15 is 0 Å². The second kappa shape index (κ2) is 9.68. The molecule has 3 N–H and O–H groups in total. The van der Waals surface area contributed by atoms with Crippen molar-refractivity contribution in [3.63, 3.8) is 0 Å². The highest BCUT2D eigenvalue weighted by molar-refractivity contribution is 5.32. The maximum atomic E-state index is 12.0. The highest BCUT2D eigenvalue weighted by Crippen LogP contribution is 2.90. The summed E-state index contributed by atoms with van der Waals surface area (Å²) in [5.74, 6) is 2.26. The fraction of sp³-hybridized carbons (Fsp3) is 1.00. The zero-order chi connectivity index (χ0) is 32.0. The molecule has 7 rings (SSSR count). The third kappa shape index (κ3) is 4.00. The van der Waals surface area contributed by atoms with Crippen molar-refractivity contribution in [2.75, 3.05) is 6.61 Å². The van der Waals surface area contributed by atoms with Gasteiger partial charge in [0.2, 0.25) is 0 Å². The molecule has 6 nitrogen and oxygen atoms in total. The monoisotopic (exact) mass is 616 g/mol. The lowest BCUT2D eigenvalue weighted by atomic mass is 9.40. The Morgan fingerprint density at radius 1 is 0.795 bits per heavy atom. The normalized spacial score (nSPS) is 59.8. The van der Waals surface area contributed by atoms with Gasteiger partial charge in [-0.3, -0.25) is 0 Å². The number of fused-ring (bicyclic) bond motifs is 2. The number of rotatable bonds is 4. The van der Waals surface area contributed by atoms with Crippen molar-refractivity contribution < 1.29 is 29.5 Å². The van der Waals surface area contributed by atoms with Gasteiger partial charge in [-0.15, -0.1) is 0 Å². The van der Waals surface area contributed by atoms with E-state index in [1.54, 1.807) is 0 Å². The average Bonchev–Trinajstić information content (AvgIpc) is 3.27. The van der Waals surface area contributed by atoms with Crippen LogP contribution in [-0.2, 0) is 14.2 Å². The van der Waals surface area contributed by atoms with E-state index in [1.165, 1.54) is 25.7 Å². The minimum absolute atomic E-state index is 0.00740. The Morgan fingerprint density at radius 2 is 1.50 bits per heavy atom. The summed E-state index contributed by atoms with van der Waals surface area (Å²) in [5, 5.41) is 33.2. The maximum absolute atomic E-state index is 12.0. The van der Waals surface area contributed by atoms with E-state index in [-0.39, 0.29) is 58.6 Å². The Balaban J connectivity index is 1.15. The summed E-state index contributed by atoms with van der Waals surface area (Å²) in [4.78, 5) is 0. The fourth-order valence-electron chi connectivity index (χ4n) is 14.3. The maximum Gasteiger partial charge on any atom is 0.160 e. The molecule has 2 aliphatic heterocycles. The molecule has 0 radical (unpaired) electrons. The zero-order valence-electron chi connectivity index (χ0n) is 29.5. The van der Waals surface area contributed by atoms with Crippen LogP contribution in [0.4, 0.5) is 0 Å². The van der Waals surface area contributed by atoms with Crippen molar-refractivity contribution in [1.29, 1.82) is 0 Å². The predicted octanol–water partition coefficient (Wildman–Crippen LogP) is 6.73. The number of hydrogen-bond acceptors (Lipinski definition) is 6. The molecule has 2 saturated heterocycles. The summed E-state index contributed by atoms with van der Waals surface area (Å²) in [6, 6.07) is 0. The van der Waals surface area contributed by atoms with Gasteiger partial charge in [0.1, 0.15) is 0 Å². The van der Waals surface area contributed by atoms with Crippen molar-refractivity contribution >= 4 is 0 Å². The molecule has 0 aromatic rings. The Bertz CT molecular complexity index is 1150. The van der Waals surface area contributed by atoms with Crippen LogP contribution in [0.1, 0.15) is 127 Å². The molecule has 0 aromatic carbocycles.